The first-order valence-electron chi connectivity index (χ1n) is 8.46. The first-order valence-corrected chi connectivity index (χ1v) is 8.46. The Bertz CT molecular complexity index is 694. The van der Waals surface area contributed by atoms with Gasteiger partial charge in [0.2, 0.25) is 0 Å². The van der Waals surface area contributed by atoms with Crippen LogP contribution in [0.4, 0.5) is 11.5 Å². The van der Waals surface area contributed by atoms with E-state index in [9.17, 15) is 4.79 Å². The van der Waals surface area contributed by atoms with E-state index in [0.717, 1.165) is 44.3 Å². The van der Waals surface area contributed by atoms with Gasteiger partial charge < -0.3 is 19.9 Å². The molecule has 1 amide bonds. The Morgan fingerprint density at radius 2 is 1.80 bits per heavy atom. The number of aromatic nitrogens is 2. The molecule has 0 unspecified atom stereocenters. The van der Waals surface area contributed by atoms with Crippen molar-refractivity contribution < 1.29 is 9.53 Å². The normalized spacial score (nSPS) is 15.0. The van der Waals surface area contributed by atoms with Gasteiger partial charge in [-0.3, -0.25) is 4.79 Å². The van der Waals surface area contributed by atoms with Gasteiger partial charge in [-0.05, 0) is 42.9 Å². The van der Waals surface area contributed by atoms with Crippen molar-refractivity contribution in [3.05, 3.63) is 42.1 Å². The Morgan fingerprint density at radius 3 is 2.36 bits per heavy atom. The monoisotopic (exact) mass is 341 g/mol. The van der Waals surface area contributed by atoms with Gasteiger partial charge in [-0.1, -0.05) is 6.92 Å². The summed E-state index contributed by atoms with van der Waals surface area (Å²) in [6, 6.07) is 10.7. The summed E-state index contributed by atoms with van der Waals surface area (Å²) in [7, 11) is 1.60. The molecular formula is C18H23N5O2. The molecule has 7 heteroatoms. The fraction of sp³-hybridized carbons (Fsp3) is 0.389. The van der Waals surface area contributed by atoms with Crippen molar-refractivity contribution >= 4 is 17.4 Å². The van der Waals surface area contributed by atoms with E-state index in [1.807, 2.05) is 6.07 Å². The number of methoxy groups -OCH3 is 1. The molecule has 1 N–H and O–H groups in total. The van der Waals surface area contributed by atoms with Crippen LogP contribution in [0, 0.1) is 0 Å². The second-order valence-electron chi connectivity index (χ2n) is 5.88. The number of hydrogen-bond donors (Lipinski definition) is 1. The van der Waals surface area contributed by atoms with Crippen molar-refractivity contribution in [1.29, 1.82) is 0 Å². The molecule has 1 aromatic carbocycles. The van der Waals surface area contributed by atoms with Gasteiger partial charge >= 0.3 is 0 Å². The molecule has 25 heavy (non-hydrogen) atoms. The number of benzene rings is 1. The van der Waals surface area contributed by atoms with Gasteiger partial charge in [-0.25, -0.2) is 0 Å². The maximum absolute atomic E-state index is 12.3. The molecular weight excluding hydrogens is 318 g/mol. The van der Waals surface area contributed by atoms with Crippen LogP contribution in [0.3, 0.4) is 0 Å². The minimum atomic E-state index is -0.278. The van der Waals surface area contributed by atoms with Gasteiger partial charge in [0.15, 0.2) is 11.5 Å². The fourth-order valence-electron chi connectivity index (χ4n) is 2.78. The lowest BCUT2D eigenvalue weighted by Gasteiger charge is -2.34. The van der Waals surface area contributed by atoms with Crippen LogP contribution in [0.15, 0.2) is 36.4 Å². The Kier molecular flexibility index (Phi) is 5.45. The summed E-state index contributed by atoms with van der Waals surface area (Å²) in [6.07, 6.45) is 0. The third kappa shape index (κ3) is 4.24. The highest BCUT2D eigenvalue weighted by Crippen LogP contribution is 2.16. The number of carbonyl (C=O) groups excluding carboxylic acids is 1. The Labute approximate surface area is 147 Å². The molecule has 1 fully saturated rings. The van der Waals surface area contributed by atoms with Crippen molar-refractivity contribution in [3.63, 3.8) is 0 Å². The number of nitrogens with zero attached hydrogens (tertiary/aromatic N) is 4. The number of ether oxygens (including phenoxy) is 1. The van der Waals surface area contributed by atoms with Crippen LogP contribution in [-0.4, -0.2) is 60.8 Å². The Hall–Kier alpha value is -2.67. The predicted octanol–water partition coefficient (Wildman–Crippen LogP) is 1.88. The second-order valence-corrected chi connectivity index (χ2v) is 5.88. The molecule has 0 saturated carbocycles. The summed E-state index contributed by atoms with van der Waals surface area (Å²) in [4.78, 5) is 16.9. The molecule has 1 aromatic heterocycles. The minimum absolute atomic E-state index is 0.278. The summed E-state index contributed by atoms with van der Waals surface area (Å²) >= 11 is 0. The molecule has 0 radical (unpaired) electrons. The number of nitrogens with one attached hydrogen (secondary N) is 1. The van der Waals surface area contributed by atoms with Gasteiger partial charge in [0.05, 0.1) is 7.11 Å². The van der Waals surface area contributed by atoms with Crippen molar-refractivity contribution in [2.45, 2.75) is 6.92 Å². The third-order valence-corrected chi connectivity index (χ3v) is 4.37. The molecule has 132 valence electrons. The van der Waals surface area contributed by atoms with Gasteiger partial charge in [0.25, 0.3) is 5.91 Å². The molecule has 2 heterocycles. The summed E-state index contributed by atoms with van der Waals surface area (Å²) in [6.45, 7) is 7.16. The molecule has 0 aliphatic carbocycles. The van der Waals surface area contributed by atoms with Crippen LogP contribution >= 0.6 is 0 Å². The summed E-state index contributed by atoms with van der Waals surface area (Å²) in [5.41, 5.74) is 0.985. The van der Waals surface area contributed by atoms with Gasteiger partial charge in [0.1, 0.15) is 5.75 Å². The lowest BCUT2D eigenvalue weighted by Crippen LogP contribution is -2.46. The first kappa shape index (κ1) is 17.2. The second kappa shape index (κ2) is 7.94. The van der Waals surface area contributed by atoms with Crippen LogP contribution in [-0.2, 0) is 0 Å². The van der Waals surface area contributed by atoms with E-state index < -0.39 is 0 Å². The summed E-state index contributed by atoms with van der Waals surface area (Å²) < 4.78 is 5.10. The Balaban J connectivity index is 1.60. The van der Waals surface area contributed by atoms with Crippen molar-refractivity contribution in [2.24, 2.45) is 0 Å². The van der Waals surface area contributed by atoms with Crippen LogP contribution in [0.25, 0.3) is 0 Å². The third-order valence-electron chi connectivity index (χ3n) is 4.37. The number of likely N-dealkylation sites (N-methyl/N-ethyl adjacent to an activating group) is 1. The standard InChI is InChI=1S/C18H23N5O2/c1-3-22-10-12-23(13-11-22)17-9-8-16(20-21-17)18(24)19-14-4-6-15(25-2)7-5-14/h4-9H,3,10-13H2,1-2H3,(H,19,24). The lowest BCUT2D eigenvalue weighted by molar-refractivity contribution is 0.102. The van der Waals surface area contributed by atoms with Crippen LogP contribution in [0.1, 0.15) is 17.4 Å². The molecule has 1 saturated heterocycles. The predicted molar refractivity (Wildman–Crippen MR) is 97.3 cm³/mol. The average molecular weight is 341 g/mol. The molecule has 0 bridgehead atoms. The zero-order chi connectivity index (χ0) is 17.6. The smallest absolute Gasteiger partial charge is 0.276 e. The number of carbonyl (C=O) groups is 1. The highest BCUT2D eigenvalue weighted by molar-refractivity contribution is 6.02. The summed E-state index contributed by atoms with van der Waals surface area (Å²) in [5, 5.41) is 11.1. The zero-order valence-electron chi connectivity index (χ0n) is 14.6. The maximum atomic E-state index is 12.3. The number of piperazine rings is 1. The SMILES string of the molecule is CCN1CCN(c2ccc(C(=O)Nc3ccc(OC)cc3)nn2)CC1. The topological polar surface area (TPSA) is 70.6 Å². The van der Waals surface area contributed by atoms with Gasteiger partial charge in [-0.2, -0.15) is 0 Å². The molecule has 1 aliphatic rings. The quantitative estimate of drug-likeness (QED) is 0.895. The van der Waals surface area contributed by atoms with E-state index in [1.54, 1.807) is 37.4 Å². The van der Waals surface area contributed by atoms with Crippen LogP contribution in [0.2, 0.25) is 0 Å². The van der Waals surface area contributed by atoms with E-state index in [-0.39, 0.29) is 5.91 Å². The molecule has 0 spiro atoms. The van der Waals surface area contributed by atoms with Crippen molar-refractivity contribution in [3.8, 4) is 5.75 Å². The van der Waals surface area contributed by atoms with E-state index in [0.29, 0.717) is 11.4 Å². The highest BCUT2D eigenvalue weighted by Gasteiger charge is 2.17. The molecule has 2 aromatic rings. The number of rotatable bonds is 5. The Morgan fingerprint density at radius 1 is 1.08 bits per heavy atom. The number of hydrogen-bond acceptors (Lipinski definition) is 6. The highest BCUT2D eigenvalue weighted by atomic mass is 16.5. The largest absolute Gasteiger partial charge is 0.497 e. The lowest BCUT2D eigenvalue weighted by atomic mass is 10.2. The summed E-state index contributed by atoms with van der Waals surface area (Å²) in [5.74, 6) is 1.28. The first-order chi connectivity index (χ1) is 12.2. The van der Waals surface area contributed by atoms with E-state index in [2.05, 4.69) is 32.2 Å². The van der Waals surface area contributed by atoms with Gasteiger partial charge in [-0.15, -0.1) is 10.2 Å². The maximum Gasteiger partial charge on any atom is 0.276 e. The minimum Gasteiger partial charge on any atom is -0.497 e. The van der Waals surface area contributed by atoms with Crippen LogP contribution in [0.5, 0.6) is 5.75 Å². The van der Waals surface area contributed by atoms with Crippen molar-refractivity contribution in [2.75, 3.05) is 50.1 Å². The van der Waals surface area contributed by atoms with Crippen LogP contribution < -0.4 is 15.0 Å². The van der Waals surface area contributed by atoms with Crippen molar-refractivity contribution in [1.82, 2.24) is 15.1 Å². The number of amides is 1. The van der Waals surface area contributed by atoms with Gasteiger partial charge in [0, 0.05) is 31.9 Å². The molecule has 0 atom stereocenters. The molecule has 1 aliphatic heterocycles. The molecule has 3 rings (SSSR count). The van der Waals surface area contributed by atoms with E-state index >= 15 is 0 Å². The fourth-order valence-corrected chi connectivity index (χ4v) is 2.78. The zero-order valence-corrected chi connectivity index (χ0v) is 14.6. The molecule has 7 nitrogen and oxygen atoms in total. The average Bonchev–Trinajstić information content (AvgIpc) is 2.69. The number of anilines is 2. The van der Waals surface area contributed by atoms with E-state index in [1.165, 1.54) is 0 Å². The van der Waals surface area contributed by atoms with E-state index in [4.69, 9.17) is 4.74 Å².